The molecule has 2 aromatic carbocycles. The SMILES string of the molecule is CN/C(=C1\C(=N)CCc2cnc(Nc3ccc(OCCN4CCCC4)cc3OC)nc21)C(C)c1ccccc1. The van der Waals surface area contributed by atoms with Gasteiger partial charge in [-0.2, -0.15) is 0 Å². The first-order chi connectivity index (χ1) is 19.1. The molecule has 5 rings (SSSR count). The number of likely N-dealkylation sites (tertiary alicyclic amines) is 1. The zero-order valence-electron chi connectivity index (χ0n) is 23.1. The lowest BCUT2D eigenvalue weighted by atomic mass is 9.84. The third kappa shape index (κ3) is 6.06. The second-order valence-corrected chi connectivity index (χ2v) is 10.1. The highest BCUT2D eigenvalue weighted by molar-refractivity contribution is 6.24. The van der Waals surface area contributed by atoms with E-state index in [4.69, 9.17) is 19.9 Å². The molecule has 39 heavy (non-hydrogen) atoms. The first-order valence-electron chi connectivity index (χ1n) is 13.8. The third-order valence-electron chi connectivity index (χ3n) is 7.61. The Hall–Kier alpha value is -3.91. The van der Waals surface area contributed by atoms with Crippen molar-refractivity contribution in [2.24, 2.45) is 0 Å². The third-order valence-corrected chi connectivity index (χ3v) is 7.61. The second-order valence-electron chi connectivity index (χ2n) is 10.1. The summed E-state index contributed by atoms with van der Waals surface area (Å²) in [4.78, 5) is 12.0. The summed E-state index contributed by atoms with van der Waals surface area (Å²) < 4.78 is 11.7. The molecule has 204 valence electrons. The Morgan fingerprint density at radius 3 is 2.64 bits per heavy atom. The Morgan fingerprint density at radius 2 is 1.90 bits per heavy atom. The molecule has 1 unspecified atom stereocenters. The fourth-order valence-electron chi connectivity index (χ4n) is 5.43. The van der Waals surface area contributed by atoms with Crippen molar-refractivity contribution >= 4 is 22.9 Å². The number of rotatable bonds is 10. The molecule has 8 heteroatoms. The number of fused-ring (bicyclic) bond motifs is 1. The molecule has 1 fully saturated rings. The van der Waals surface area contributed by atoms with E-state index in [0.717, 1.165) is 60.0 Å². The molecule has 3 aromatic rings. The van der Waals surface area contributed by atoms with Gasteiger partial charge in [-0.1, -0.05) is 37.3 Å². The van der Waals surface area contributed by atoms with Crippen LogP contribution >= 0.6 is 0 Å². The van der Waals surface area contributed by atoms with Crippen molar-refractivity contribution in [2.75, 3.05) is 45.7 Å². The number of aryl methyl sites for hydroxylation is 1. The van der Waals surface area contributed by atoms with Crippen molar-refractivity contribution in [3.8, 4) is 11.5 Å². The number of likely N-dealkylation sites (N-methyl/N-ethyl adjacent to an activating group) is 1. The minimum Gasteiger partial charge on any atom is -0.494 e. The van der Waals surface area contributed by atoms with Crippen molar-refractivity contribution in [3.63, 3.8) is 0 Å². The first-order valence-corrected chi connectivity index (χ1v) is 13.8. The molecule has 2 heterocycles. The van der Waals surface area contributed by atoms with Gasteiger partial charge in [0.1, 0.15) is 18.1 Å². The van der Waals surface area contributed by atoms with Crippen molar-refractivity contribution in [1.82, 2.24) is 20.2 Å². The number of anilines is 2. The maximum absolute atomic E-state index is 8.84. The summed E-state index contributed by atoms with van der Waals surface area (Å²) in [7, 11) is 3.57. The minimum absolute atomic E-state index is 0.0852. The number of benzene rings is 2. The van der Waals surface area contributed by atoms with E-state index in [1.165, 1.54) is 18.4 Å². The lowest BCUT2D eigenvalue weighted by molar-refractivity contribution is 0.237. The summed E-state index contributed by atoms with van der Waals surface area (Å²) in [5.74, 6) is 1.98. The van der Waals surface area contributed by atoms with Crippen LogP contribution in [0.4, 0.5) is 11.6 Å². The summed E-state index contributed by atoms with van der Waals surface area (Å²) >= 11 is 0. The number of methoxy groups -OCH3 is 1. The number of allylic oxidation sites excluding steroid dienone is 2. The molecule has 3 N–H and O–H groups in total. The van der Waals surface area contributed by atoms with Gasteiger partial charge < -0.3 is 25.5 Å². The van der Waals surface area contributed by atoms with Gasteiger partial charge in [0.15, 0.2) is 0 Å². The Bertz CT molecular complexity index is 1330. The predicted molar refractivity (Wildman–Crippen MR) is 156 cm³/mol. The largest absolute Gasteiger partial charge is 0.494 e. The topological polar surface area (TPSA) is 95.4 Å². The normalized spacial score (nSPS) is 17.4. The second kappa shape index (κ2) is 12.3. The quantitative estimate of drug-likeness (QED) is 0.325. The van der Waals surface area contributed by atoms with E-state index in [0.29, 0.717) is 30.4 Å². The fraction of sp³-hybridized carbons (Fsp3) is 0.387. The lowest BCUT2D eigenvalue weighted by Gasteiger charge is -2.26. The number of nitrogens with zero attached hydrogens (tertiary/aromatic N) is 3. The van der Waals surface area contributed by atoms with Crippen LogP contribution in [0.25, 0.3) is 5.57 Å². The lowest BCUT2D eigenvalue weighted by Crippen LogP contribution is -2.25. The van der Waals surface area contributed by atoms with Crippen LogP contribution in [-0.4, -0.2) is 61.0 Å². The first kappa shape index (κ1) is 26.7. The zero-order chi connectivity index (χ0) is 27.2. The number of hydrogen-bond donors (Lipinski definition) is 3. The average molecular weight is 527 g/mol. The van der Waals surface area contributed by atoms with Crippen LogP contribution < -0.4 is 20.1 Å². The van der Waals surface area contributed by atoms with Gasteiger partial charge in [0.2, 0.25) is 5.95 Å². The number of aromatic nitrogens is 2. The van der Waals surface area contributed by atoms with Gasteiger partial charge in [-0.15, -0.1) is 0 Å². The molecule has 0 radical (unpaired) electrons. The van der Waals surface area contributed by atoms with Crippen molar-refractivity contribution in [3.05, 3.63) is 77.2 Å². The Kier molecular flexibility index (Phi) is 8.42. The maximum atomic E-state index is 8.84. The molecule has 1 saturated heterocycles. The Labute approximate surface area is 231 Å². The van der Waals surface area contributed by atoms with E-state index >= 15 is 0 Å². The van der Waals surface area contributed by atoms with E-state index in [2.05, 4.69) is 39.6 Å². The summed E-state index contributed by atoms with van der Waals surface area (Å²) in [5, 5.41) is 15.6. The van der Waals surface area contributed by atoms with Crippen molar-refractivity contribution < 1.29 is 9.47 Å². The van der Waals surface area contributed by atoms with E-state index < -0.39 is 0 Å². The molecule has 0 amide bonds. The molecule has 1 atom stereocenters. The van der Waals surface area contributed by atoms with E-state index in [-0.39, 0.29) is 5.92 Å². The molecule has 0 spiro atoms. The standard InChI is InChI=1S/C31H38N6O2/c1-21(22-9-5-4-6-10-22)29(33-2)28-25(32)13-11-23-20-34-31(36-30(23)28)35-26-14-12-24(19-27(26)38-3)39-18-17-37-15-7-8-16-37/h4-6,9-10,12,14,19-21,32-33H,7-8,11,13,15-18H2,1-3H3,(H,34,35,36)/b29-28+,32-25?. The van der Waals surface area contributed by atoms with Crippen molar-refractivity contribution in [1.29, 1.82) is 5.41 Å². The molecule has 1 aromatic heterocycles. The van der Waals surface area contributed by atoms with Gasteiger partial charge in [-0.05, 0) is 62.0 Å². The van der Waals surface area contributed by atoms with Gasteiger partial charge in [-0.3, -0.25) is 4.90 Å². The van der Waals surface area contributed by atoms with Gasteiger partial charge >= 0.3 is 0 Å². The average Bonchev–Trinajstić information content (AvgIpc) is 3.49. The van der Waals surface area contributed by atoms with Crippen LogP contribution in [0.3, 0.4) is 0 Å². The van der Waals surface area contributed by atoms with Crippen LogP contribution in [-0.2, 0) is 6.42 Å². The molecular formula is C31H38N6O2. The highest BCUT2D eigenvalue weighted by atomic mass is 16.5. The van der Waals surface area contributed by atoms with E-state index in [1.807, 2.05) is 49.6 Å². The van der Waals surface area contributed by atoms with E-state index in [1.54, 1.807) is 7.11 Å². The smallest absolute Gasteiger partial charge is 0.227 e. The summed E-state index contributed by atoms with van der Waals surface area (Å²) in [6.07, 6.45) is 5.85. The van der Waals surface area contributed by atoms with Crippen LogP contribution in [0, 0.1) is 5.41 Å². The Balaban J connectivity index is 1.39. The fourth-order valence-corrected chi connectivity index (χ4v) is 5.43. The summed E-state index contributed by atoms with van der Waals surface area (Å²) in [6.45, 7) is 6.07. The van der Waals surface area contributed by atoms with Gasteiger partial charge in [0, 0.05) is 48.8 Å². The van der Waals surface area contributed by atoms with E-state index in [9.17, 15) is 0 Å². The van der Waals surface area contributed by atoms with Crippen LogP contribution in [0.15, 0.2) is 60.4 Å². The number of hydrogen-bond acceptors (Lipinski definition) is 8. The summed E-state index contributed by atoms with van der Waals surface area (Å²) in [6, 6.07) is 16.1. The predicted octanol–water partition coefficient (Wildman–Crippen LogP) is 5.40. The monoisotopic (exact) mass is 526 g/mol. The van der Waals surface area contributed by atoms with Gasteiger partial charge in [0.05, 0.1) is 18.5 Å². The highest BCUT2D eigenvalue weighted by Crippen LogP contribution is 2.36. The molecule has 0 bridgehead atoms. The molecule has 0 saturated carbocycles. The molecule has 8 nitrogen and oxygen atoms in total. The van der Waals surface area contributed by atoms with Crippen LogP contribution in [0.2, 0.25) is 0 Å². The van der Waals surface area contributed by atoms with Gasteiger partial charge in [-0.25, -0.2) is 9.97 Å². The highest BCUT2D eigenvalue weighted by Gasteiger charge is 2.27. The van der Waals surface area contributed by atoms with Crippen LogP contribution in [0.5, 0.6) is 11.5 Å². The maximum Gasteiger partial charge on any atom is 0.227 e. The zero-order valence-corrected chi connectivity index (χ0v) is 23.1. The Morgan fingerprint density at radius 1 is 1.10 bits per heavy atom. The minimum atomic E-state index is 0.0852. The summed E-state index contributed by atoms with van der Waals surface area (Å²) in [5.41, 5.74) is 6.23. The molecule has 1 aliphatic carbocycles. The molecule has 2 aliphatic rings. The molecule has 1 aliphatic heterocycles. The van der Waals surface area contributed by atoms with Gasteiger partial charge in [0.25, 0.3) is 0 Å². The van der Waals surface area contributed by atoms with Crippen LogP contribution in [0.1, 0.15) is 48.9 Å². The number of ether oxygens (including phenoxy) is 2. The molecular weight excluding hydrogens is 488 g/mol. The van der Waals surface area contributed by atoms with Crippen molar-refractivity contribution in [2.45, 2.75) is 38.5 Å². The number of nitrogens with one attached hydrogen (secondary N) is 3.